The highest BCUT2D eigenvalue weighted by Crippen LogP contribution is 2.31. The first-order valence-corrected chi connectivity index (χ1v) is 10.0. The molecule has 0 saturated carbocycles. The molecule has 0 aliphatic carbocycles. The number of aryl methyl sites for hydroxylation is 2. The molecule has 0 amide bonds. The number of hydrogen-bond acceptors (Lipinski definition) is 4. The summed E-state index contributed by atoms with van der Waals surface area (Å²) in [5.74, 6) is 0.508. The lowest BCUT2D eigenvalue weighted by Crippen LogP contribution is -2.01. The minimum absolute atomic E-state index is 0.260. The van der Waals surface area contributed by atoms with Gasteiger partial charge in [0.05, 0.1) is 35.3 Å². The Morgan fingerprint density at radius 1 is 1.03 bits per heavy atom. The normalized spacial score (nSPS) is 11.2. The summed E-state index contributed by atoms with van der Waals surface area (Å²) in [5.41, 5.74) is 6.35. The number of nitrogens with zero attached hydrogens (tertiary/aromatic N) is 4. The molecule has 5 aromatic rings. The third-order valence-corrected chi connectivity index (χ3v) is 5.22. The summed E-state index contributed by atoms with van der Waals surface area (Å²) >= 11 is 0. The van der Waals surface area contributed by atoms with Gasteiger partial charge in [-0.25, -0.2) is 9.37 Å². The summed E-state index contributed by atoms with van der Waals surface area (Å²) in [5, 5.41) is 8.67. The smallest absolute Gasteiger partial charge is 0.126 e. The maximum atomic E-state index is 13.2. The molecule has 0 fully saturated rings. The number of imidazole rings is 1. The zero-order valence-electron chi connectivity index (χ0n) is 17.2. The van der Waals surface area contributed by atoms with Crippen LogP contribution in [0.25, 0.3) is 33.5 Å². The van der Waals surface area contributed by atoms with E-state index in [0.717, 1.165) is 50.8 Å². The van der Waals surface area contributed by atoms with Crippen LogP contribution in [0.1, 0.15) is 11.5 Å². The fourth-order valence-electron chi connectivity index (χ4n) is 3.65. The van der Waals surface area contributed by atoms with E-state index in [1.807, 2.05) is 43.0 Å². The van der Waals surface area contributed by atoms with Crippen LogP contribution in [-0.2, 0) is 13.6 Å². The van der Waals surface area contributed by atoms with Gasteiger partial charge in [-0.05, 0) is 55.5 Å². The molecule has 0 bridgehead atoms. The van der Waals surface area contributed by atoms with Gasteiger partial charge in [0.25, 0.3) is 0 Å². The van der Waals surface area contributed by atoms with Crippen molar-refractivity contribution in [3.8, 4) is 22.6 Å². The van der Waals surface area contributed by atoms with Crippen molar-refractivity contribution in [2.75, 3.05) is 5.32 Å². The molecule has 2 N–H and O–H groups in total. The molecule has 3 aromatic heterocycles. The maximum Gasteiger partial charge on any atom is 0.126 e. The van der Waals surface area contributed by atoms with Crippen molar-refractivity contribution in [1.29, 1.82) is 0 Å². The van der Waals surface area contributed by atoms with Crippen molar-refractivity contribution < 1.29 is 4.39 Å². The van der Waals surface area contributed by atoms with Gasteiger partial charge in [0, 0.05) is 29.4 Å². The number of anilines is 1. The van der Waals surface area contributed by atoms with Gasteiger partial charge in [0.2, 0.25) is 0 Å². The van der Waals surface area contributed by atoms with Crippen molar-refractivity contribution in [3.63, 3.8) is 0 Å². The molecule has 0 aliphatic heterocycles. The number of H-pyrrole nitrogens is 1. The third kappa shape index (κ3) is 3.77. The molecule has 0 atom stereocenters. The Hall–Kier alpha value is -4.00. The van der Waals surface area contributed by atoms with E-state index in [4.69, 9.17) is 4.98 Å². The van der Waals surface area contributed by atoms with Crippen molar-refractivity contribution in [2.45, 2.75) is 13.5 Å². The van der Waals surface area contributed by atoms with Gasteiger partial charge in [-0.1, -0.05) is 12.1 Å². The second-order valence-electron chi connectivity index (χ2n) is 7.47. The molecule has 0 radical (unpaired) electrons. The third-order valence-electron chi connectivity index (χ3n) is 5.22. The van der Waals surface area contributed by atoms with Crippen LogP contribution in [-0.4, -0.2) is 24.7 Å². The van der Waals surface area contributed by atoms with Gasteiger partial charge in [0.15, 0.2) is 0 Å². The molecule has 0 saturated heterocycles. The fraction of sp³-hybridized carbons (Fsp3) is 0.125. The molecule has 154 valence electrons. The Balaban J connectivity index is 1.55. The Kier molecular flexibility index (Phi) is 4.71. The van der Waals surface area contributed by atoms with Crippen LogP contribution in [0.4, 0.5) is 10.1 Å². The topological polar surface area (TPSA) is 71.4 Å². The Morgan fingerprint density at radius 3 is 2.68 bits per heavy atom. The van der Waals surface area contributed by atoms with Crippen LogP contribution in [0.3, 0.4) is 0 Å². The van der Waals surface area contributed by atoms with E-state index in [2.05, 4.69) is 38.6 Å². The lowest BCUT2D eigenvalue weighted by atomic mass is 10.1. The number of fused-ring (bicyclic) bond motifs is 1. The average molecular weight is 412 g/mol. The van der Waals surface area contributed by atoms with Gasteiger partial charge in [-0.3, -0.25) is 9.67 Å². The molecule has 6 nitrogen and oxygen atoms in total. The maximum absolute atomic E-state index is 13.2. The molecule has 7 heteroatoms. The lowest BCUT2D eigenvalue weighted by Gasteiger charge is -2.04. The average Bonchev–Trinajstić information content (AvgIpc) is 3.37. The number of benzene rings is 2. The monoisotopic (exact) mass is 412 g/mol. The van der Waals surface area contributed by atoms with Crippen LogP contribution >= 0.6 is 0 Å². The van der Waals surface area contributed by atoms with E-state index in [1.165, 1.54) is 12.1 Å². The van der Waals surface area contributed by atoms with Crippen molar-refractivity contribution in [1.82, 2.24) is 24.7 Å². The minimum atomic E-state index is -0.260. The Morgan fingerprint density at radius 2 is 1.87 bits per heavy atom. The standard InChI is InChI=1S/C24H21FN6/c1-15-4-3-5-20(28-15)24-23(16-6-11-21-17(12-16)13-27-31(21)2)29-22(30-24)14-26-19-9-7-18(25)8-10-19/h3-13,26H,14H2,1-2H3,(H,29,30). The van der Waals surface area contributed by atoms with Crippen LogP contribution in [0.5, 0.6) is 0 Å². The van der Waals surface area contributed by atoms with Gasteiger partial charge in [-0.2, -0.15) is 5.10 Å². The summed E-state index contributed by atoms with van der Waals surface area (Å²) in [7, 11) is 1.93. The summed E-state index contributed by atoms with van der Waals surface area (Å²) in [6.45, 7) is 2.44. The van der Waals surface area contributed by atoms with E-state index in [0.29, 0.717) is 6.54 Å². The molecule has 0 unspecified atom stereocenters. The first-order valence-electron chi connectivity index (χ1n) is 10.0. The zero-order chi connectivity index (χ0) is 21.4. The van der Waals surface area contributed by atoms with E-state index >= 15 is 0 Å². The van der Waals surface area contributed by atoms with E-state index in [-0.39, 0.29) is 5.82 Å². The number of rotatable bonds is 5. The molecule has 0 spiro atoms. The van der Waals surface area contributed by atoms with Gasteiger partial charge >= 0.3 is 0 Å². The summed E-state index contributed by atoms with van der Waals surface area (Å²) < 4.78 is 15.0. The number of hydrogen-bond donors (Lipinski definition) is 2. The second-order valence-corrected chi connectivity index (χ2v) is 7.47. The second kappa shape index (κ2) is 7.68. The molecule has 0 aliphatic rings. The fourth-order valence-corrected chi connectivity index (χ4v) is 3.65. The highest BCUT2D eigenvalue weighted by molar-refractivity contribution is 5.87. The van der Waals surface area contributed by atoms with Gasteiger partial charge < -0.3 is 10.3 Å². The lowest BCUT2D eigenvalue weighted by molar-refractivity contribution is 0.628. The number of aromatic nitrogens is 5. The molecule has 31 heavy (non-hydrogen) atoms. The van der Waals surface area contributed by atoms with E-state index in [9.17, 15) is 4.39 Å². The minimum Gasteiger partial charge on any atom is -0.378 e. The SMILES string of the molecule is Cc1cccc(-c2[nH]c(CNc3ccc(F)cc3)nc2-c2ccc3c(cnn3C)c2)n1. The molecule has 3 heterocycles. The molecular weight excluding hydrogens is 391 g/mol. The molecule has 5 rings (SSSR count). The van der Waals surface area contributed by atoms with E-state index in [1.54, 1.807) is 12.1 Å². The van der Waals surface area contributed by atoms with Crippen LogP contribution in [0, 0.1) is 12.7 Å². The van der Waals surface area contributed by atoms with E-state index < -0.39 is 0 Å². The van der Waals surface area contributed by atoms with Gasteiger partial charge in [-0.15, -0.1) is 0 Å². The van der Waals surface area contributed by atoms with Crippen LogP contribution < -0.4 is 5.32 Å². The quantitative estimate of drug-likeness (QED) is 0.422. The molecule has 2 aromatic carbocycles. The zero-order valence-corrected chi connectivity index (χ0v) is 17.2. The number of halogens is 1. The van der Waals surface area contributed by atoms with Crippen molar-refractivity contribution in [3.05, 3.63) is 84.2 Å². The van der Waals surface area contributed by atoms with Crippen LogP contribution in [0.15, 0.2) is 66.9 Å². The summed E-state index contributed by atoms with van der Waals surface area (Å²) in [6.07, 6.45) is 1.85. The summed E-state index contributed by atoms with van der Waals surface area (Å²) in [4.78, 5) is 13.0. The first-order chi connectivity index (χ1) is 15.1. The summed E-state index contributed by atoms with van der Waals surface area (Å²) in [6, 6.07) is 18.4. The Labute approximate surface area is 178 Å². The highest BCUT2D eigenvalue weighted by atomic mass is 19.1. The number of nitrogens with one attached hydrogen (secondary N) is 2. The predicted molar refractivity (Wildman–Crippen MR) is 120 cm³/mol. The predicted octanol–water partition coefficient (Wildman–Crippen LogP) is 5.09. The largest absolute Gasteiger partial charge is 0.378 e. The number of pyridine rings is 1. The number of aromatic amines is 1. The van der Waals surface area contributed by atoms with Crippen LogP contribution in [0.2, 0.25) is 0 Å². The highest BCUT2D eigenvalue weighted by Gasteiger charge is 2.16. The van der Waals surface area contributed by atoms with Gasteiger partial charge in [0.1, 0.15) is 11.6 Å². The molecular formula is C24H21FN6. The first kappa shape index (κ1) is 19.0. The van der Waals surface area contributed by atoms with Crippen molar-refractivity contribution in [2.24, 2.45) is 7.05 Å². The van der Waals surface area contributed by atoms with Crippen molar-refractivity contribution >= 4 is 16.6 Å². The Bertz CT molecular complexity index is 1370.